The highest BCUT2D eigenvalue weighted by Gasteiger charge is 2.02. The molecular formula is C9H21N2. The van der Waals surface area contributed by atoms with E-state index in [1.165, 1.54) is 12.8 Å². The third kappa shape index (κ3) is 6.32. The van der Waals surface area contributed by atoms with Crippen molar-refractivity contribution in [1.82, 2.24) is 10.4 Å². The van der Waals surface area contributed by atoms with E-state index in [1.54, 1.807) is 0 Å². The fraction of sp³-hybridized carbons (Fsp3) is 0.889. The number of rotatable bonds is 6. The van der Waals surface area contributed by atoms with Crippen LogP contribution in [0.4, 0.5) is 0 Å². The average molecular weight is 157 g/mol. The van der Waals surface area contributed by atoms with Crippen LogP contribution in [0.15, 0.2) is 0 Å². The van der Waals surface area contributed by atoms with E-state index >= 15 is 0 Å². The zero-order valence-corrected chi connectivity index (χ0v) is 8.06. The van der Waals surface area contributed by atoms with Crippen molar-refractivity contribution in [3.8, 4) is 0 Å². The van der Waals surface area contributed by atoms with Gasteiger partial charge in [-0.2, -0.15) is 0 Å². The summed E-state index contributed by atoms with van der Waals surface area (Å²) in [6.07, 6.45) is 2.49. The highest BCUT2D eigenvalue weighted by molar-refractivity contribution is 4.54. The minimum Gasteiger partial charge on any atom is -0.254 e. The molecule has 0 aromatic heterocycles. The zero-order chi connectivity index (χ0) is 8.69. The molecule has 2 nitrogen and oxygen atoms in total. The molecule has 2 heteroatoms. The quantitative estimate of drug-likeness (QED) is 0.594. The molecule has 0 heterocycles. The van der Waals surface area contributed by atoms with Gasteiger partial charge in [0, 0.05) is 20.1 Å². The number of hydrogen-bond donors (Lipinski definition) is 1. The van der Waals surface area contributed by atoms with Crippen LogP contribution < -0.4 is 5.43 Å². The van der Waals surface area contributed by atoms with Gasteiger partial charge in [-0.1, -0.05) is 27.2 Å². The number of nitrogens with zero attached hydrogens (tertiary/aromatic N) is 1. The van der Waals surface area contributed by atoms with Gasteiger partial charge in [0.2, 0.25) is 0 Å². The molecular weight excluding hydrogens is 136 g/mol. The van der Waals surface area contributed by atoms with Crippen LogP contribution in [0.3, 0.4) is 0 Å². The Balaban J connectivity index is 3.41. The van der Waals surface area contributed by atoms with Crippen LogP contribution in [0, 0.1) is 13.0 Å². The van der Waals surface area contributed by atoms with Crippen molar-refractivity contribution in [3.63, 3.8) is 0 Å². The van der Waals surface area contributed by atoms with Gasteiger partial charge < -0.3 is 0 Å². The predicted molar refractivity (Wildman–Crippen MR) is 49.8 cm³/mol. The van der Waals surface area contributed by atoms with Crippen molar-refractivity contribution in [1.29, 1.82) is 0 Å². The minimum absolute atomic E-state index is 0.709. The summed E-state index contributed by atoms with van der Waals surface area (Å²) < 4.78 is 0. The molecule has 0 aliphatic carbocycles. The first kappa shape index (κ1) is 10.9. The maximum atomic E-state index is 3.67. The summed E-state index contributed by atoms with van der Waals surface area (Å²) in [5, 5.41) is 2.17. The first-order chi connectivity index (χ1) is 5.20. The van der Waals surface area contributed by atoms with Crippen LogP contribution in [-0.2, 0) is 0 Å². The molecule has 0 aromatic rings. The van der Waals surface area contributed by atoms with E-state index in [0.717, 1.165) is 13.1 Å². The Hall–Kier alpha value is -0.0800. The molecule has 0 atom stereocenters. The number of unbranched alkanes of at least 4 members (excludes halogenated alkanes) is 1. The Bertz CT molecular complexity index is 81.6. The Kier molecular flexibility index (Phi) is 6.57. The minimum atomic E-state index is 0.709. The lowest BCUT2D eigenvalue weighted by Gasteiger charge is -2.22. The van der Waals surface area contributed by atoms with Crippen LogP contribution in [0.5, 0.6) is 0 Å². The van der Waals surface area contributed by atoms with E-state index in [9.17, 15) is 0 Å². The fourth-order valence-corrected chi connectivity index (χ4v) is 1.02. The molecule has 0 aliphatic heterocycles. The van der Waals surface area contributed by atoms with Crippen LogP contribution in [0.25, 0.3) is 0 Å². The summed E-state index contributed by atoms with van der Waals surface area (Å²) in [5.41, 5.74) is 2.95. The molecule has 0 fully saturated rings. The van der Waals surface area contributed by atoms with Crippen molar-refractivity contribution in [2.24, 2.45) is 5.92 Å². The van der Waals surface area contributed by atoms with Gasteiger partial charge in [0.05, 0.1) is 0 Å². The van der Waals surface area contributed by atoms with Gasteiger partial charge in [0.25, 0.3) is 0 Å². The zero-order valence-electron chi connectivity index (χ0n) is 8.06. The second kappa shape index (κ2) is 6.62. The predicted octanol–water partition coefficient (Wildman–Crippen LogP) is 2.04. The van der Waals surface area contributed by atoms with E-state index in [-0.39, 0.29) is 0 Å². The SMILES string of the molecule is [CH2]NN(CCCC)CC(C)C. The summed E-state index contributed by atoms with van der Waals surface area (Å²) in [5.74, 6) is 0.709. The summed E-state index contributed by atoms with van der Waals surface area (Å²) in [6, 6.07) is 0. The Morgan fingerprint density at radius 3 is 2.45 bits per heavy atom. The molecule has 0 aliphatic rings. The van der Waals surface area contributed by atoms with Crippen LogP contribution in [-0.4, -0.2) is 18.1 Å². The van der Waals surface area contributed by atoms with Gasteiger partial charge in [0.15, 0.2) is 0 Å². The van der Waals surface area contributed by atoms with Gasteiger partial charge in [0.1, 0.15) is 0 Å². The monoisotopic (exact) mass is 157 g/mol. The average Bonchev–Trinajstić information content (AvgIpc) is 1.97. The second-order valence-corrected chi connectivity index (χ2v) is 3.35. The van der Waals surface area contributed by atoms with E-state index in [2.05, 4.69) is 38.3 Å². The van der Waals surface area contributed by atoms with E-state index < -0.39 is 0 Å². The molecule has 0 unspecified atom stereocenters. The molecule has 11 heavy (non-hydrogen) atoms. The Morgan fingerprint density at radius 2 is 2.09 bits per heavy atom. The fourth-order valence-electron chi connectivity index (χ4n) is 1.02. The van der Waals surface area contributed by atoms with Crippen LogP contribution in [0.2, 0.25) is 0 Å². The highest BCUT2D eigenvalue weighted by atomic mass is 15.5. The molecule has 0 amide bonds. The van der Waals surface area contributed by atoms with Gasteiger partial charge in [-0.25, -0.2) is 5.01 Å². The second-order valence-electron chi connectivity index (χ2n) is 3.35. The molecule has 1 radical (unpaired) electrons. The smallest absolute Gasteiger partial charge is 0.0242 e. The highest BCUT2D eigenvalue weighted by Crippen LogP contribution is 1.97. The van der Waals surface area contributed by atoms with E-state index in [1.807, 2.05) is 0 Å². The maximum absolute atomic E-state index is 3.67. The Morgan fingerprint density at radius 1 is 1.45 bits per heavy atom. The molecule has 0 rings (SSSR count). The van der Waals surface area contributed by atoms with Crippen LogP contribution >= 0.6 is 0 Å². The lowest BCUT2D eigenvalue weighted by atomic mass is 10.2. The lowest BCUT2D eigenvalue weighted by Crippen LogP contribution is -2.37. The molecule has 0 aromatic carbocycles. The number of hydrazine groups is 1. The largest absolute Gasteiger partial charge is 0.254 e. The summed E-state index contributed by atoms with van der Waals surface area (Å²) in [4.78, 5) is 0. The van der Waals surface area contributed by atoms with Crippen LogP contribution in [0.1, 0.15) is 33.6 Å². The number of hydrogen-bond acceptors (Lipinski definition) is 2. The third-order valence-electron chi connectivity index (χ3n) is 1.59. The van der Waals surface area contributed by atoms with Gasteiger partial charge in [-0.05, 0) is 12.3 Å². The van der Waals surface area contributed by atoms with Crippen molar-refractivity contribution < 1.29 is 0 Å². The standard InChI is InChI=1S/C9H21N2/c1-5-6-7-11(10-4)8-9(2)3/h9-10H,4-8H2,1-3H3. The molecule has 0 saturated carbocycles. The molecule has 0 saturated heterocycles. The third-order valence-corrected chi connectivity index (χ3v) is 1.59. The first-order valence-electron chi connectivity index (χ1n) is 4.48. The van der Waals surface area contributed by atoms with Crippen molar-refractivity contribution in [2.75, 3.05) is 13.1 Å². The summed E-state index contributed by atoms with van der Waals surface area (Å²) >= 11 is 0. The molecule has 67 valence electrons. The van der Waals surface area contributed by atoms with Crippen molar-refractivity contribution in [2.45, 2.75) is 33.6 Å². The summed E-state index contributed by atoms with van der Waals surface area (Å²) in [7, 11) is 3.67. The number of nitrogens with one attached hydrogen (secondary N) is 1. The van der Waals surface area contributed by atoms with Gasteiger partial charge in [-0.3, -0.25) is 5.43 Å². The summed E-state index contributed by atoms with van der Waals surface area (Å²) in [6.45, 7) is 8.84. The van der Waals surface area contributed by atoms with Gasteiger partial charge >= 0.3 is 0 Å². The first-order valence-corrected chi connectivity index (χ1v) is 4.48. The van der Waals surface area contributed by atoms with Gasteiger partial charge in [-0.15, -0.1) is 0 Å². The molecule has 1 N–H and O–H groups in total. The topological polar surface area (TPSA) is 15.3 Å². The van der Waals surface area contributed by atoms with Crippen molar-refractivity contribution >= 4 is 0 Å². The normalized spacial score (nSPS) is 11.5. The molecule has 0 bridgehead atoms. The lowest BCUT2D eigenvalue weighted by molar-refractivity contribution is 0.192. The van der Waals surface area contributed by atoms with E-state index in [4.69, 9.17) is 0 Å². The van der Waals surface area contributed by atoms with E-state index in [0.29, 0.717) is 5.92 Å². The maximum Gasteiger partial charge on any atom is 0.0242 e. The molecule has 0 spiro atoms. The Labute approximate surface area is 70.9 Å². The van der Waals surface area contributed by atoms with Crippen molar-refractivity contribution in [3.05, 3.63) is 7.05 Å².